The van der Waals surface area contributed by atoms with Crippen molar-refractivity contribution in [2.45, 2.75) is 45.3 Å². The first-order valence-corrected chi connectivity index (χ1v) is 8.54. The molecule has 1 heterocycles. The van der Waals surface area contributed by atoms with Gasteiger partial charge in [0.15, 0.2) is 11.5 Å². The highest BCUT2D eigenvalue weighted by Gasteiger charge is 2.44. The SMILES string of the molecule is C=C(CCNC(=O)c1cc2c(cc1NC(=O)OC(C)(C)C)OC(F)(F)O2)C(F)(F)F. The number of fused-ring (bicyclic) bond motifs is 1. The zero-order chi connectivity index (χ0) is 22.9. The summed E-state index contributed by atoms with van der Waals surface area (Å²) in [4.78, 5) is 24.4. The van der Waals surface area contributed by atoms with E-state index in [1.54, 1.807) is 20.8 Å². The average Bonchev–Trinajstić information content (AvgIpc) is 2.83. The minimum absolute atomic E-state index is 0.267. The van der Waals surface area contributed by atoms with Gasteiger partial charge >= 0.3 is 18.6 Å². The van der Waals surface area contributed by atoms with E-state index in [2.05, 4.69) is 26.7 Å². The van der Waals surface area contributed by atoms with E-state index in [1.165, 1.54) is 0 Å². The van der Waals surface area contributed by atoms with Crippen LogP contribution in [0.3, 0.4) is 0 Å². The fraction of sp³-hybridized carbons (Fsp3) is 0.444. The zero-order valence-corrected chi connectivity index (χ0v) is 16.2. The van der Waals surface area contributed by atoms with Gasteiger partial charge in [0.2, 0.25) is 0 Å². The van der Waals surface area contributed by atoms with Gasteiger partial charge in [-0.3, -0.25) is 10.1 Å². The van der Waals surface area contributed by atoms with Gasteiger partial charge in [0.05, 0.1) is 11.3 Å². The van der Waals surface area contributed by atoms with Crippen LogP contribution in [0, 0.1) is 0 Å². The Morgan fingerprint density at radius 1 is 1.13 bits per heavy atom. The molecule has 2 amide bonds. The van der Waals surface area contributed by atoms with Crippen molar-refractivity contribution in [3.8, 4) is 11.5 Å². The summed E-state index contributed by atoms with van der Waals surface area (Å²) in [6.07, 6.45) is -10.2. The molecule has 1 aromatic rings. The smallest absolute Gasteiger partial charge is 0.444 e. The molecule has 2 rings (SSSR count). The van der Waals surface area contributed by atoms with Crippen molar-refractivity contribution in [1.82, 2.24) is 5.32 Å². The van der Waals surface area contributed by atoms with Crippen LogP contribution >= 0.6 is 0 Å². The van der Waals surface area contributed by atoms with Gasteiger partial charge in [0, 0.05) is 18.2 Å². The molecule has 166 valence electrons. The van der Waals surface area contributed by atoms with Crippen LogP contribution in [0.2, 0.25) is 0 Å². The first kappa shape index (κ1) is 23.2. The number of benzene rings is 1. The highest BCUT2D eigenvalue weighted by atomic mass is 19.4. The minimum atomic E-state index is -4.61. The van der Waals surface area contributed by atoms with E-state index in [4.69, 9.17) is 4.74 Å². The molecule has 1 aliphatic heterocycles. The van der Waals surface area contributed by atoms with Crippen molar-refractivity contribution in [1.29, 1.82) is 0 Å². The van der Waals surface area contributed by atoms with Gasteiger partial charge in [-0.2, -0.15) is 13.2 Å². The van der Waals surface area contributed by atoms with Gasteiger partial charge in [-0.25, -0.2) is 4.79 Å². The molecule has 1 aromatic carbocycles. The number of anilines is 1. The van der Waals surface area contributed by atoms with Crippen molar-refractivity contribution < 1.29 is 45.8 Å². The average molecular weight is 438 g/mol. The summed E-state index contributed by atoms with van der Waals surface area (Å²) in [5.74, 6) is -1.88. The normalized spacial score (nSPS) is 14.8. The molecule has 0 spiro atoms. The second-order valence-corrected chi connectivity index (χ2v) is 7.25. The first-order chi connectivity index (χ1) is 13.6. The third-order valence-electron chi connectivity index (χ3n) is 3.53. The Hall–Kier alpha value is -3.05. The molecule has 0 aromatic heterocycles. The number of ether oxygens (including phenoxy) is 3. The van der Waals surface area contributed by atoms with Crippen LogP contribution in [0.15, 0.2) is 24.3 Å². The first-order valence-electron chi connectivity index (χ1n) is 8.54. The van der Waals surface area contributed by atoms with Crippen molar-refractivity contribution in [3.63, 3.8) is 0 Å². The molecule has 0 bridgehead atoms. The Bertz CT molecular complexity index is 862. The highest BCUT2D eigenvalue weighted by Crippen LogP contribution is 2.44. The lowest BCUT2D eigenvalue weighted by Crippen LogP contribution is -2.30. The number of amides is 2. The summed E-state index contributed by atoms with van der Waals surface area (Å²) in [5.41, 5.74) is -2.57. The van der Waals surface area contributed by atoms with E-state index in [0.29, 0.717) is 0 Å². The second-order valence-electron chi connectivity index (χ2n) is 7.25. The number of carbonyl (C=O) groups is 2. The fourth-order valence-corrected chi connectivity index (χ4v) is 2.27. The van der Waals surface area contributed by atoms with E-state index in [9.17, 15) is 31.5 Å². The summed E-state index contributed by atoms with van der Waals surface area (Å²) >= 11 is 0. The molecule has 7 nitrogen and oxygen atoms in total. The molecule has 0 radical (unpaired) electrons. The topological polar surface area (TPSA) is 85.9 Å². The van der Waals surface area contributed by atoms with Crippen LogP contribution in [0.4, 0.5) is 32.4 Å². The molecule has 0 saturated heterocycles. The van der Waals surface area contributed by atoms with E-state index < -0.39 is 60.1 Å². The molecule has 30 heavy (non-hydrogen) atoms. The largest absolute Gasteiger partial charge is 0.586 e. The van der Waals surface area contributed by atoms with Crippen LogP contribution in [0.1, 0.15) is 37.6 Å². The third-order valence-corrected chi connectivity index (χ3v) is 3.53. The number of carbonyl (C=O) groups excluding carboxylic acids is 2. The quantitative estimate of drug-likeness (QED) is 0.519. The van der Waals surface area contributed by atoms with Gasteiger partial charge in [0.1, 0.15) is 5.60 Å². The third kappa shape index (κ3) is 6.22. The Morgan fingerprint density at radius 2 is 1.70 bits per heavy atom. The predicted molar refractivity (Wildman–Crippen MR) is 94.6 cm³/mol. The zero-order valence-electron chi connectivity index (χ0n) is 16.2. The summed E-state index contributed by atoms with van der Waals surface area (Å²) < 4.78 is 77.7. The Kier molecular flexibility index (Phi) is 6.19. The number of alkyl halides is 5. The maximum atomic E-state index is 13.3. The number of halogens is 5. The standard InChI is InChI=1S/C18H19F5N2O5/c1-9(17(19,20)21)5-6-24-14(26)10-7-12-13(29-18(22,23)28-12)8-11(10)25-15(27)30-16(2,3)4/h7-8H,1,5-6H2,2-4H3,(H,24,26)(H,25,27). The second kappa shape index (κ2) is 8.00. The Labute approximate surface area is 168 Å². The van der Waals surface area contributed by atoms with Crippen LogP contribution < -0.4 is 20.1 Å². The Morgan fingerprint density at radius 3 is 2.23 bits per heavy atom. The Balaban J connectivity index is 2.22. The molecule has 0 saturated carbocycles. The maximum absolute atomic E-state index is 13.3. The number of hydrogen-bond donors (Lipinski definition) is 2. The molecular formula is C18H19F5N2O5. The van der Waals surface area contributed by atoms with Gasteiger partial charge in [0.25, 0.3) is 5.91 Å². The van der Waals surface area contributed by atoms with Crippen LogP contribution in [0.25, 0.3) is 0 Å². The molecule has 0 fully saturated rings. The van der Waals surface area contributed by atoms with Gasteiger partial charge in [-0.1, -0.05) is 6.58 Å². The fourth-order valence-electron chi connectivity index (χ4n) is 2.27. The molecule has 1 aliphatic rings. The molecule has 0 unspecified atom stereocenters. The number of hydrogen-bond acceptors (Lipinski definition) is 5. The van der Waals surface area contributed by atoms with Crippen molar-refractivity contribution in [2.75, 3.05) is 11.9 Å². The van der Waals surface area contributed by atoms with Crippen LogP contribution in [-0.4, -0.2) is 36.6 Å². The molecular weight excluding hydrogens is 419 g/mol. The molecule has 0 aliphatic carbocycles. The van der Waals surface area contributed by atoms with E-state index in [-0.39, 0.29) is 11.3 Å². The van der Waals surface area contributed by atoms with Crippen molar-refractivity contribution >= 4 is 17.7 Å². The van der Waals surface area contributed by atoms with Gasteiger partial charge in [-0.15, -0.1) is 8.78 Å². The summed E-state index contributed by atoms with van der Waals surface area (Å²) in [5, 5.41) is 4.43. The van der Waals surface area contributed by atoms with Crippen molar-refractivity contribution in [3.05, 3.63) is 29.8 Å². The van der Waals surface area contributed by atoms with E-state index in [1.807, 2.05) is 0 Å². The number of rotatable bonds is 5. The summed E-state index contributed by atoms with van der Waals surface area (Å²) in [6.45, 7) is 7.18. The summed E-state index contributed by atoms with van der Waals surface area (Å²) in [6, 6.07) is 1.79. The monoisotopic (exact) mass is 438 g/mol. The van der Waals surface area contributed by atoms with Crippen LogP contribution in [0.5, 0.6) is 11.5 Å². The molecule has 12 heteroatoms. The molecule has 0 atom stereocenters. The van der Waals surface area contributed by atoms with Gasteiger partial charge < -0.3 is 19.5 Å². The molecule has 2 N–H and O–H groups in total. The van der Waals surface area contributed by atoms with E-state index in [0.717, 1.165) is 12.1 Å². The lowest BCUT2D eigenvalue weighted by Gasteiger charge is -2.20. The lowest BCUT2D eigenvalue weighted by molar-refractivity contribution is -0.286. The van der Waals surface area contributed by atoms with Crippen LogP contribution in [-0.2, 0) is 4.74 Å². The van der Waals surface area contributed by atoms with Crippen molar-refractivity contribution in [2.24, 2.45) is 0 Å². The lowest BCUT2D eigenvalue weighted by atomic mass is 10.1. The highest BCUT2D eigenvalue weighted by molar-refractivity contribution is 6.03. The number of nitrogens with one attached hydrogen (secondary N) is 2. The van der Waals surface area contributed by atoms with Gasteiger partial charge in [-0.05, 0) is 33.3 Å². The summed E-state index contributed by atoms with van der Waals surface area (Å²) in [7, 11) is 0. The predicted octanol–water partition coefficient (Wildman–Crippen LogP) is 4.59. The van der Waals surface area contributed by atoms with E-state index >= 15 is 0 Å². The maximum Gasteiger partial charge on any atom is 0.586 e. The minimum Gasteiger partial charge on any atom is -0.444 e.